The lowest BCUT2D eigenvalue weighted by Gasteiger charge is -2.07. The fraction of sp³-hybridized carbons (Fsp3) is 0.571. The van der Waals surface area contributed by atoms with Crippen molar-refractivity contribution >= 4 is 0 Å². The van der Waals surface area contributed by atoms with Crippen molar-refractivity contribution in [3.8, 4) is 5.75 Å². The van der Waals surface area contributed by atoms with Crippen LogP contribution < -0.4 is 15.4 Å². The number of hydrogen-bond acceptors (Lipinski definition) is 3. The predicted octanol–water partition coefficient (Wildman–Crippen LogP) is 2.17. The first-order chi connectivity index (χ1) is 8.36. The third kappa shape index (κ3) is 6.29. The fourth-order valence-corrected chi connectivity index (χ4v) is 1.66. The summed E-state index contributed by atoms with van der Waals surface area (Å²) in [5.41, 5.74) is 1.27. The highest BCUT2D eigenvalue weighted by atomic mass is 16.5. The topological polar surface area (TPSA) is 33.3 Å². The molecule has 0 bridgehead atoms. The van der Waals surface area contributed by atoms with Crippen molar-refractivity contribution in [3.05, 3.63) is 29.8 Å². The van der Waals surface area contributed by atoms with Gasteiger partial charge in [-0.15, -0.1) is 0 Å². The molecule has 0 spiro atoms. The summed E-state index contributed by atoms with van der Waals surface area (Å²) in [5.74, 6) is 0.925. The highest BCUT2D eigenvalue weighted by molar-refractivity contribution is 5.28. The first kappa shape index (κ1) is 14.0. The fourth-order valence-electron chi connectivity index (χ4n) is 1.66. The highest BCUT2D eigenvalue weighted by Gasteiger charge is 1.95. The molecular weight excluding hydrogens is 212 g/mol. The van der Waals surface area contributed by atoms with Gasteiger partial charge in [0, 0.05) is 6.54 Å². The summed E-state index contributed by atoms with van der Waals surface area (Å²) in [7, 11) is 1.70. The van der Waals surface area contributed by atoms with Crippen LogP contribution in [0.15, 0.2) is 24.3 Å². The SMILES string of the molecule is CCCNCCCNCc1cccc(OC)c1. The summed E-state index contributed by atoms with van der Waals surface area (Å²) in [5, 5.41) is 6.83. The summed E-state index contributed by atoms with van der Waals surface area (Å²) in [6, 6.07) is 8.18. The molecule has 0 atom stereocenters. The van der Waals surface area contributed by atoms with E-state index in [1.165, 1.54) is 18.4 Å². The zero-order chi connectivity index (χ0) is 12.3. The molecule has 0 aromatic heterocycles. The Morgan fingerprint density at radius 2 is 1.94 bits per heavy atom. The van der Waals surface area contributed by atoms with Gasteiger partial charge in [-0.05, 0) is 50.2 Å². The van der Waals surface area contributed by atoms with E-state index >= 15 is 0 Å². The summed E-state index contributed by atoms with van der Waals surface area (Å²) < 4.78 is 5.19. The molecule has 0 radical (unpaired) electrons. The van der Waals surface area contributed by atoms with Crippen molar-refractivity contribution in [1.29, 1.82) is 0 Å². The third-order valence-corrected chi connectivity index (χ3v) is 2.60. The number of ether oxygens (including phenoxy) is 1. The molecule has 0 saturated carbocycles. The summed E-state index contributed by atoms with van der Waals surface area (Å²) >= 11 is 0. The van der Waals surface area contributed by atoms with E-state index < -0.39 is 0 Å². The molecule has 0 amide bonds. The quantitative estimate of drug-likeness (QED) is 0.645. The lowest BCUT2D eigenvalue weighted by Crippen LogP contribution is -2.22. The molecule has 0 saturated heterocycles. The summed E-state index contributed by atoms with van der Waals surface area (Å²) in [6.07, 6.45) is 2.38. The van der Waals surface area contributed by atoms with Gasteiger partial charge in [0.05, 0.1) is 7.11 Å². The van der Waals surface area contributed by atoms with Gasteiger partial charge >= 0.3 is 0 Å². The van der Waals surface area contributed by atoms with Gasteiger partial charge in [0.1, 0.15) is 5.75 Å². The van der Waals surface area contributed by atoms with Gasteiger partial charge in [0.15, 0.2) is 0 Å². The summed E-state index contributed by atoms with van der Waals surface area (Å²) in [4.78, 5) is 0. The Kier molecular flexibility index (Phi) is 7.43. The molecule has 0 aliphatic carbocycles. The molecule has 0 heterocycles. The van der Waals surface area contributed by atoms with Gasteiger partial charge < -0.3 is 15.4 Å². The van der Waals surface area contributed by atoms with Crippen molar-refractivity contribution in [3.63, 3.8) is 0 Å². The molecule has 0 aliphatic heterocycles. The van der Waals surface area contributed by atoms with E-state index in [2.05, 4.69) is 29.7 Å². The van der Waals surface area contributed by atoms with E-state index in [0.717, 1.165) is 31.9 Å². The second kappa shape index (κ2) is 9.02. The van der Waals surface area contributed by atoms with Crippen molar-refractivity contribution in [1.82, 2.24) is 10.6 Å². The molecule has 17 heavy (non-hydrogen) atoms. The third-order valence-electron chi connectivity index (χ3n) is 2.60. The average molecular weight is 236 g/mol. The van der Waals surface area contributed by atoms with Gasteiger partial charge in [0.2, 0.25) is 0 Å². The van der Waals surface area contributed by atoms with Gasteiger partial charge in [-0.3, -0.25) is 0 Å². The van der Waals surface area contributed by atoms with Crippen LogP contribution in [0.3, 0.4) is 0 Å². The Hall–Kier alpha value is -1.06. The maximum atomic E-state index is 5.19. The minimum Gasteiger partial charge on any atom is -0.497 e. The molecule has 2 N–H and O–H groups in total. The Morgan fingerprint density at radius 1 is 1.12 bits per heavy atom. The van der Waals surface area contributed by atoms with Crippen LogP contribution in [-0.4, -0.2) is 26.7 Å². The van der Waals surface area contributed by atoms with E-state index in [0.29, 0.717) is 0 Å². The van der Waals surface area contributed by atoms with E-state index in [9.17, 15) is 0 Å². The smallest absolute Gasteiger partial charge is 0.119 e. The summed E-state index contributed by atoms with van der Waals surface area (Å²) in [6.45, 7) is 6.36. The largest absolute Gasteiger partial charge is 0.497 e. The second-order valence-corrected chi connectivity index (χ2v) is 4.13. The molecule has 0 unspecified atom stereocenters. The van der Waals surface area contributed by atoms with Crippen LogP contribution in [0.5, 0.6) is 5.75 Å². The normalized spacial score (nSPS) is 10.5. The average Bonchev–Trinajstić information content (AvgIpc) is 2.38. The molecular formula is C14H24N2O. The number of benzene rings is 1. The number of methoxy groups -OCH3 is 1. The Labute approximate surface area is 105 Å². The maximum Gasteiger partial charge on any atom is 0.119 e. The number of nitrogens with one attached hydrogen (secondary N) is 2. The van der Waals surface area contributed by atoms with Crippen molar-refractivity contribution < 1.29 is 4.74 Å². The van der Waals surface area contributed by atoms with Crippen molar-refractivity contribution in [2.75, 3.05) is 26.7 Å². The van der Waals surface area contributed by atoms with Crippen LogP contribution in [0.25, 0.3) is 0 Å². The number of rotatable bonds is 9. The number of hydrogen-bond donors (Lipinski definition) is 2. The van der Waals surface area contributed by atoms with Gasteiger partial charge in [-0.25, -0.2) is 0 Å². The van der Waals surface area contributed by atoms with E-state index in [1.807, 2.05) is 12.1 Å². The molecule has 1 rings (SSSR count). The first-order valence-electron chi connectivity index (χ1n) is 6.41. The van der Waals surface area contributed by atoms with E-state index in [1.54, 1.807) is 7.11 Å². The van der Waals surface area contributed by atoms with E-state index in [-0.39, 0.29) is 0 Å². The van der Waals surface area contributed by atoms with Crippen LogP contribution in [0, 0.1) is 0 Å². The molecule has 96 valence electrons. The van der Waals surface area contributed by atoms with Crippen LogP contribution in [0.4, 0.5) is 0 Å². The molecule has 0 fully saturated rings. The molecule has 3 heteroatoms. The van der Waals surface area contributed by atoms with Crippen LogP contribution in [0.2, 0.25) is 0 Å². The van der Waals surface area contributed by atoms with Gasteiger partial charge in [0.25, 0.3) is 0 Å². The standard InChI is InChI=1S/C14H24N2O/c1-3-8-15-9-5-10-16-12-13-6-4-7-14(11-13)17-2/h4,6-7,11,15-16H,3,5,8-10,12H2,1-2H3. The Bertz CT molecular complexity index is 302. The zero-order valence-corrected chi connectivity index (χ0v) is 11.0. The Balaban J connectivity index is 2.09. The van der Waals surface area contributed by atoms with Gasteiger partial charge in [-0.2, -0.15) is 0 Å². The molecule has 1 aromatic rings. The first-order valence-corrected chi connectivity index (χ1v) is 6.41. The van der Waals surface area contributed by atoms with E-state index in [4.69, 9.17) is 4.74 Å². The van der Waals surface area contributed by atoms with Crippen LogP contribution in [0.1, 0.15) is 25.3 Å². The van der Waals surface area contributed by atoms with Crippen molar-refractivity contribution in [2.24, 2.45) is 0 Å². The monoisotopic (exact) mass is 236 g/mol. The van der Waals surface area contributed by atoms with Crippen LogP contribution >= 0.6 is 0 Å². The lowest BCUT2D eigenvalue weighted by molar-refractivity contribution is 0.414. The molecule has 0 aliphatic rings. The highest BCUT2D eigenvalue weighted by Crippen LogP contribution is 2.11. The van der Waals surface area contributed by atoms with Crippen LogP contribution in [-0.2, 0) is 6.54 Å². The Morgan fingerprint density at radius 3 is 2.71 bits per heavy atom. The minimum atomic E-state index is 0.908. The predicted molar refractivity (Wildman–Crippen MR) is 72.5 cm³/mol. The molecule has 3 nitrogen and oxygen atoms in total. The second-order valence-electron chi connectivity index (χ2n) is 4.13. The van der Waals surface area contributed by atoms with Gasteiger partial charge in [-0.1, -0.05) is 19.1 Å². The van der Waals surface area contributed by atoms with Crippen molar-refractivity contribution in [2.45, 2.75) is 26.3 Å². The zero-order valence-electron chi connectivity index (χ0n) is 11.0. The maximum absolute atomic E-state index is 5.19. The molecule has 1 aromatic carbocycles. The minimum absolute atomic E-state index is 0.908. The lowest BCUT2D eigenvalue weighted by atomic mass is 10.2.